The van der Waals surface area contributed by atoms with Crippen LogP contribution in [0.25, 0.3) is 16.8 Å². The number of hydrogen-bond donors (Lipinski definition) is 1. The number of rotatable bonds is 2. The maximum absolute atomic E-state index is 10.9. The first-order valence-corrected chi connectivity index (χ1v) is 5.14. The van der Waals surface area contributed by atoms with Gasteiger partial charge in [0, 0.05) is 5.57 Å². The van der Waals surface area contributed by atoms with Crippen molar-refractivity contribution in [2.75, 3.05) is 0 Å². The Balaban J connectivity index is 2.47. The van der Waals surface area contributed by atoms with Gasteiger partial charge in [-0.25, -0.2) is 0 Å². The van der Waals surface area contributed by atoms with Crippen LogP contribution in [0.2, 0.25) is 0 Å². The highest BCUT2D eigenvalue weighted by molar-refractivity contribution is 5.96. The first-order valence-electron chi connectivity index (χ1n) is 5.14. The minimum absolute atomic E-state index is 0.381. The van der Waals surface area contributed by atoms with Crippen molar-refractivity contribution in [1.82, 2.24) is 0 Å². The molecule has 0 heterocycles. The fourth-order valence-electron chi connectivity index (χ4n) is 1.62. The molecule has 0 saturated carbocycles. The first-order chi connectivity index (χ1) is 7.66. The van der Waals surface area contributed by atoms with E-state index in [1.54, 1.807) is 13.0 Å². The SMILES string of the molecule is CC(=Cc1ccc2ccccc2c1)C(N)=O. The second-order valence-electron chi connectivity index (χ2n) is 3.80. The molecular weight excluding hydrogens is 198 g/mol. The Labute approximate surface area is 94.4 Å². The van der Waals surface area contributed by atoms with Crippen molar-refractivity contribution in [2.24, 2.45) is 5.73 Å². The van der Waals surface area contributed by atoms with Gasteiger partial charge in [0.1, 0.15) is 0 Å². The van der Waals surface area contributed by atoms with Crippen molar-refractivity contribution >= 4 is 22.8 Å². The number of amides is 1. The van der Waals surface area contributed by atoms with E-state index in [1.165, 1.54) is 5.39 Å². The van der Waals surface area contributed by atoms with E-state index in [0.29, 0.717) is 5.57 Å². The van der Waals surface area contributed by atoms with Gasteiger partial charge < -0.3 is 5.73 Å². The Morgan fingerprint density at radius 2 is 1.81 bits per heavy atom. The van der Waals surface area contributed by atoms with Crippen molar-refractivity contribution in [3.8, 4) is 0 Å². The fourth-order valence-corrected chi connectivity index (χ4v) is 1.62. The first kappa shape index (κ1) is 10.4. The summed E-state index contributed by atoms with van der Waals surface area (Å²) < 4.78 is 0. The summed E-state index contributed by atoms with van der Waals surface area (Å²) >= 11 is 0. The van der Waals surface area contributed by atoms with Crippen LogP contribution in [0, 0.1) is 0 Å². The van der Waals surface area contributed by atoms with Gasteiger partial charge in [0.15, 0.2) is 0 Å². The number of carbonyl (C=O) groups is 1. The highest BCUT2D eigenvalue weighted by Gasteiger charge is 1.98. The summed E-state index contributed by atoms with van der Waals surface area (Å²) in [6.07, 6.45) is 1.80. The van der Waals surface area contributed by atoms with E-state index in [-0.39, 0.29) is 5.91 Å². The highest BCUT2D eigenvalue weighted by atomic mass is 16.1. The molecule has 0 bridgehead atoms. The van der Waals surface area contributed by atoms with Crippen LogP contribution in [0.15, 0.2) is 48.0 Å². The number of primary amides is 1. The Hall–Kier alpha value is -2.09. The Kier molecular flexibility index (Phi) is 2.73. The molecule has 2 nitrogen and oxygen atoms in total. The largest absolute Gasteiger partial charge is 0.366 e. The zero-order chi connectivity index (χ0) is 11.5. The number of hydrogen-bond acceptors (Lipinski definition) is 1. The molecule has 0 aliphatic rings. The summed E-state index contributed by atoms with van der Waals surface area (Å²) in [5, 5.41) is 2.35. The molecule has 0 aromatic heterocycles. The minimum atomic E-state index is -0.381. The average molecular weight is 211 g/mol. The number of fused-ring (bicyclic) bond motifs is 1. The summed E-state index contributed by atoms with van der Waals surface area (Å²) in [5.74, 6) is -0.381. The molecule has 1 amide bonds. The third-order valence-electron chi connectivity index (χ3n) is 2.55. The van der Waals surface area contributed by atoms with Crippen LogP contribution in [-0.2, 0) is 4.79 Å². The summed E-state index contributed by atoms with van der Waals surface area (Å²) in [6, 6.07) is 14.2. The molecule has 0 fully saturated rings. The zero-order valence-electron chi connectivity index (χ0n) is 9.10. The number of carbonyl (C=O) groups excluding carboxylic acids is 1. The monoisotopic (exact) mass is 211 g/mol. The van der Waals surface area contributed by atoms with Gasteiger partial charge in [-0.3, -0.25) is 4.79 Å². The van der Waals surface area contributed by atoms with E-state index in [1.807, 2.05) is 36.4 Å². The van der Waals surface area contributed by atoms with Crippen LogP contribution in [-0.4, -0.2) is 5.91 Å². The van der Waals surface area contributed by atoms with Gasteiger partial charge in [-0.2, -0.15) is 0 Å². The van der Waals surface area contributed by atoms with Gasteiger partial charge in [-0.15, -0.1) is 0 Å². The highest BCUT2D eigenvalue weighted by Crippen LogP contribution is 2.17. The van der Waals surface area contributed by atoms with E-state index in [2.05, 4.69) is 6.07 Å². The predicted octanol–water partition coefficient (Wildman–Crippen LogP) is 2.73. The van der Waals surface area contributed by atoms with E-state index < -0.39 is 0 Å². The second-order valence-corrected chi connectivity index (χ2v) is 3.80. The lowest BCUT2D eigenvalue weighted by atomic mass is 10.1. The Bertz CT molecular complexity index is 570. The molecular formula is C14H13NO. The molecule has 2 heteroatoms. The molecule has 0 unspecified atom stereocenters. The number of benzene rings is 2. The molecule has 80 valence electrons. The summed E-state index contributed by atoms with van der Waals surface area (Å²) in [6.45, 7) is 1.72. The van der Waals surface area contributed by atoms with Crippen molar-refractivity contribution in [1.29, 1.82) is 0 Å². The normalized spacial score (nSPS) is 11.7. The van der Waals surface area contributed by atoms with Crippen LogP contribution in [0.4, 0.5) is 0 Å². The van der Waals surface area contributed by atoms with Crippen molar-refractivity contribution < 1.29 is 4.79 Å². The Morgan fingerprint density at radius 3 is 2.50 bits per heavy atom. The van der Waals surface area contributed by atoms with E-state index in [0.717, 1.165) is 10.9 Å². The van der Waals surface area contributed by atoms with Crippen LogP contribution in [0.3, 0.4) is 0 Å². The molecule has 0 atom stereocenters. The molecule has 0 aliphatic carbocycles. The summed E-state index contributed by atoms with van der Waals surface area (Å²) in [5.41, 5.74) is 6.75. The third-order valence-corrected chi connectivity index (χ3v) is 2.55. The van der Waals surface area contributed by atoms with Crippen molar-refractivity contribution in [3.63, 3.8) is 0 Å². The van der Waals surface area contributed by atoms with Crippen LogP contribution in [0.5, 0.6) is 0 Å². The standard InChI is InChI=1S/C14H13NO/c1-10(14(15)16)8-11-6-7-12-4-2-3-5-13(12)9-11/h2-9H,1H3,(H2,15,16). The van der Waals surface area contributed by atoms with Gasteiger partial charge in [-0.05, 0) is 35.4 Å². The van der Waals surface area contributed by atoms with Crippen LogP contribution >= 0.6 is 0 Å². The lowest BCUT2D eigenvalue weighted by molar-refractivity contribution is -0.114. The average Bonchev–Trinajstić information content (AvgIpc) is 2.28. The topological polar surface area (TPSA) is 43.1 Å². The maximum Gasteiger partial charge on any atom is 0.244 e. The van der Waals surface area contributed by atoms with Crippen molar-refractivity contribution in [3.05, 3.63) is 53.6 Å². The maximum atomic E-state index is 10.9. The van der Waals surface area contributed by atoms with Crippen LogP contribution in [0.1, 0.15) is 12.5 Å². The lowest BCUT2D eigenvalue weighted by Gasteiger charge is -2.00. The Morgan fingerprint density at radius 1 is 1.12 bits per heavy atom. The minimum Gasteiger partial charge on any atom is -0.366 e. The predicted molar refractivity (Wildman–Crippen MR) is 66.8 cm³/mol. The molecule has 0 radical (unpaired) electrons. The van der Waals surface area contributed by atoms with Gasteiger partial charge in [0.2, 0.25) is 5.91 Å². The lowest BCUT2D eigenvalue weighted by Crippen LogP contribution is -2.11. The summed E-state index contributed by atoms with van der Waals surface area (Å²) in [7, 11) is 0. The number of nitrogens with two attached hydrogens (primary N) is 1. The van der Waals surface area contributed by atoms with Crippen LogP contribution < -0.4 is 5.73 Å². The molecule has 2 N–H and O–H groups in total. The van der Waals surface area contributed by atoms with Gasteiger partial charge in [0.05, 0.1) is 0 Å². The molecule has 0 aliphatic heterocycles. The molecule has 0 saturated heterocycles. The second kappa shape index (κ2) is 4.19. The quantitative estimate of drug-likeness (QED) is 0.762. The molecule has 2 aromatic rings. The third kappa shape index (κ3) is 2.11. The van der Waals surface area contributed by atoms with E-state index in [4.69, 9.17) is 5.73 Å². The van der Waals surface area contributed by atoms with Gasteiger partial charge in [-0.1, -0.05) is 36.4 Å². The molecule has 0 spiro atoms. The zero-order valence-corrected chi connectivity index (χ0v) is 9.10. The van der Waals surface area contributed by atoms with E-state index >= 15 is 0 Å². The van der Waals surface area contributed by atoms with Gasteiger partial charge in [0.25, 0.3) is 0 Å². The fraction of sp³-hybridized carbons (Fsp3) is 0.0714. The molecule has 2 rings (SSSR count). The molecule has 2 aromatic carbocycles. The molecule has 16 heavy (non-hydrogen) atoms. The van der Waals surface area contributed by atoms with Gasteiger partial charge >= 0.3 is 0 Å². The van der Waals surface area contributed by atoms with Crippen molar-refractivity contribution in [2.45, 2.75) is 6.92 Å². The summed E-state index contributed by atoms with van der Waals surface area (Å²) in [4.78, 5) is 10.9. The van der Waals surface area contributed by atoms with E-state index in [9.17, 15) is 4.79 Å². The smallest absolute Gasteiger partial charge is 0.244 e.